The van der Waals surface area contributed by atoms with Crippen LogP contribution in [-0.4, -0.2) is 25.5 Å². The number of anilines is 1. The summed E-state index contributed by atoms with van der Waals surface area (Å²) in [5.74, 6) is 0.641. The van der Waals surface area contributed by atoms with Crippen LogP contribution >= 0.6 is 0 Å². The second-order valence-electron chi connectivity index (χ2n) is 6.55. The molecule has 1 aliphatic heterocycles. The maximum absolute atomic E-state index is 12.6. The zero-order chi connectivity index (χ0) is 16.8. The van der Waals surface area contributed by atoms with Crippen LogP contribution in [0.15, 0.2) is 60.7 Å². The van der Waals surface area contributed by atoms with Crippen molar-refractivity contribution in [3.63, 3.8) is 0 Å². The molecule has 2 aromatic carbocycles. The molecule has 126 valence electrons. The van der Waals surface area contributed by atoms with Crippen LogP contribution in [0.2, 0.25) is 0 Å². The SMILES string of the molecule is CCC(C(=O)NCC1CCN(c2ccccc2)C1)c1ccccc1. The van der Waals surface area contributed by atoms with Crippen molar-refractivity contribution in [2.24, 2.45) is 5.92 Å². The van der Waals surface area contributed by atoms with E-state index >= 15 is 0 Å². The number of hydrogen-bond donors (Lipinski definition) is 1. The first kappa shape index (κ1) is 16.6. The summed E-state index contributed by atoms with van der Waals surface area (Å²) in [6.07, 6.45) is 1.97. The lowest BCUT2D eigenvalue weighted by Gasteiger charge is -2.20. The van der Waals surface area contributed by atoms with Crippen molar-refractivity contribution in [1.82, 2.24) is 5.32 Å². The summed E-state index contributed by atoms with van der Waals surface area (Å²) >= 11 is 0. The Morgan fingerprint density at radius 1 is 1.12 bits per heavy atom. The van der Waals surface area contributed by atoms with Gasteiger partial charge in [-0.1, -0.05) is 55.5 Å². The van der Waals surface area contributed by atoms with Gasteiger partial charge in [0.1, 0.15) is 0 Å². The molecule has 0 aliphatic carbocycles. The van der Waals surface area contributed by atoms with Crippen molar-refractivity contribution < 1.29 is 4.79 Å². The molecule has 2 aromatic rings. The zero-order valence-electron chi connectivity index (χ0n) is 14.3. The average Bonchev–Trinajstić information content (AvgIpc) is 3.11. The van der Waals surface area contributed by atoms with E-state index < -0.39 is 0 Å². The van der Waals surface area contributed by atoms with Gasteiger partial charge in [-0.25, -0.2) is 0 Å². The molecule has 0 aromatic heterocycles. The molecule has 1 aliphatic rings. The van der Waals surface area contributed by atoms with E-state index in [0.29, 0.717) is 5.92 Å². The third-order valence-corrected chi connectivity index (χ3v) is 4.90. The standard InChI is InChI=1S/C21H26N2O/c1-2-20(18-9-5-3-6-10-18)21(24)22-15-17-13-14-23(16-17)19-11-7-4-8-12-19/h3-12,17,20H,2,13-16H2,1H3,(H,22,24). The Bertz CT molecular complexity index is 641. The van der Waals surface area contributed by atoms with Gasteiger partial charge in [0.05, 0.1) is 5.92 Å². The first-order valence-corrected chi connectivity index (χ1v) is 8.90. The number of amides is 1. The minimum absolute atomic E-state index is 0.0437. The molecule has 3 nitrogen and oxygen atoms in total. The van der Waals surface area contributed by atoms with Crippen molar-refractivity contribution in [1.29, 1.82) is 0 Å². The molecular formula is C21H26N2O. The lowest BCUT2D eigenvalue weighted by Crippen LogP contribution is -2.34. The zero-order valence-corrected chi connectivity index (χ0v) is 14.3. The Labute approximate surface area is 144 Å². The average molecular weight is 322 g/mol. The summed E-state index contributed by atoms with van der Waals surface area (Å²) in [6.45, 7) is 4.93. The minimum Gasteiger partial charge on any atom is -0.371 e. The highest BCUT2D eigenvalue weighted by molar-refractivity contribution is 5.83. The van der Waals surface area contributed by atoms with Gasteiger partial charge in [0.15, 0.2) is 0 Å². The Morgan fingerprint density at radius 3 is 2.46 bits per heavy atom. The fourth-order valence-corrected chi connectivity index (χ4v) is 3.50. The van der Waals surface area contributed by atoms with Crippen LogP contribution in [0, 0.1) is 5.92 Å². The minimum atomic E-state index is -0.0437. The largest absolute Gasteiger partial charge is 0.371 e. The van der Waals surface area contributed by atoms with Gasteiger partial charge in [0.25, 0.3) is 0 Å². The predicted octanol–water partition coefficient (Wildman–Crippen LogP) is 3.82. The molecule has 1 fully saturated rings. The normalized spacial score (nSPS) is 18.4. The molecule has 1 saturated heterocycles. The third-order valence-electron chi connectivity index (χ3n) is 4.90. The third kappa shape index (κ3) is 3.97. The fraction of sp³-hybridized carbons (Fsp3) is 0.381. The second-order valence-corrected chi connectivity index (χ2v) is 6.55. The van der Waals surface area contributed by atoms with E-state index in [1.807, 2.05) is 36.4 Å². The molecule has 24 heavy (non-hydrogen) atoms. The monoisotopic (exact) mass is 322 g/mol. The van der Waals surface area contributed by atoms with Gasteiger partial charge < -0.3 is 10.2 Å². The van der Waals surface area contributed by atoms with E-state index in [1.165, 1.54) is 5.69 Å². The van der Waals surface area contributed by atoms with E-state index in [1.54, 1.807) is 0 Å². The van der Waals surface area contributed by atoms with Crippen LogP contribution in [0.1, 0.15) is 31.2 Å². The predicted molar refractivity (Wildman–Crippen MR) is 99.2 cm³/mol. The lowest BCUT2D eigenvalue weighted by atomic mass is 9.95. The van der Waals surface area contributed by atoms with Crippen LogP contribution in [0.4, 0.5) is 5.69 Å². The molecule has 0 radical (unpaired) electrons. The molecule has 0 spiro atoms. The summed E-state index contributed by atoms with van der Waals surface area (Å²) in [5.41, 5.74) is 2.39. The maximum atomic E-state index is 12.6. The highest BCUT2D eigenvalue weighted by Gasteiger charge is 2.24. The molecule has 1 N–H and O–H groups in total. The van der Waals surface area contributed by atoms with Gasteiger partial charge in [-0.3, -0.25) is 4.79 Å². The van der Waals surface area contributed by atoms with Gasteiger partial charge >= 0.3 is 0 Å². The highest BCUT2D eigenvalue weighted by Crippen LogP contribution is 2.24. The Kier molecular flexibility index (Phi) is 5.52. The number of benzene rings is 2. The Hall–Kier alpha value is -2.29. The number of carbonyl (C=O) groups is 1. The summed E-state index contributed by atoms with van der Waals surface area (Å²) in [4.78, 5) is 15.0. The molecule has 2 unspecified atom stereocenters. The number of carbonyl (C=O) groups excluding carboxylic acids is 1. The topological polar surface area (TPSA) is 32.3 Å². The van der Waals surface area contributed by atoms with Crippen LogP contribution in [0.3, 0.4) is 0 Å². The van der Waals surface area contributed by atoms with Crippen molar-refractivity contribution in [3.8, 4) is 0 Å². The first-order chi connectivity index (χ1) is 11.8. The van der Waals surface area contributed by atoms with Crippen LogP contribution in [0.5, 0.6) is 0 Å². The van der Waals surface area contributed by atoms with E-state index in [9.17, 15) is 4.79 Å². The maximum Gasteiger partial charge on any atom is 0.227 e. The number of nitrogens with one attached hydrogen (secondary N) is 1. The smallest absolute Gasteiger partial charge is 0.227 e. The quantitative estimate of drug-likeness (QED) is 0.877. The van der Waals surface area contributed by atoms with E-state index in [2.05, 4.69) is 41.4 Å². The molecule has 0 saturated carbocycles. The van der Waals surface area contributed by atoms with Crippen LogP contribution < -0.4 is 10.2 Å². The number of nitrogens with zero attached hydrogens (tertiary/aromatic N) is 1. The second kappa shape index (κ2) is 8.00. The lowest BCUT2D eigenvalue weighted by molar-refractivity contribution is -0.122. The highest BCUT2D eigenvalue weighted by atomic mass is 16.1. The Morgan fingerprint density at radius 2 is 1.79 bits per heavy atom. The fourth-order valence-electron chi connectivity index (χ4n) is 3.50. The molecular weight excluding hydrogens is 296 g/mol. The van der Waals surface area contributed by atoms with E-state index in [0.717, 1.165) is 38.0 Å². The van der Waals surface area contributed by atoms with Crippen molar-refractivity contribution in [3.05, 3.63) is 66.2 Å². The number of rotatable bonds is 6. The van der Waals surface area contributed by atoms with Gasteiger partial charge in [-0.05, 0) is 36.5 Å². The number of para-hydroxylation sites is 1. The van der Waals surface area contributed by atoms with Crippen LogP contribution in [-0.2, 0) is 4.79 Å². The van der Waals surface area contributed by atoms with Crippen LogP contribution in [0.25, 0.3) is 0 Å². The van der Waals surface area contributed by atoms with Gasteiger partial charge in [0, 0.05) is 25.3 Å². The van der Waals surface area contributed by atoms with E-state index in [-0.39, 0.29) is 11.8 Å². The molecule has 0 bridgehead atoms. The summed E-state index contributed by atoms with van der Waals surface area (Å²) < 4.78 is 0. The molecule has 3 heteroatoms. The summed E-state index contributed by atoms with van der Waals surface area (Å²) in [5, 5.41) is 3.18. The summed E-state index contributed by atoms with van der Waals surface area (Å²) in [6, 6.07) is 20.6. The van der Waals surface area contributed by atoms with Crippen molar-refractivity contribution >= 4 is 11.6 Å². The Balaban J connectivity index is 1.52. The molecule has 3 rings (SSSR count). The molecule has 2 atom stereocenters. The van der Waals surface area contributed by atoms with Crippen molar-refractivity contribution in [2.45, 2.75) is 25.7 Å². The molecule has 1 amide bonds. The van der Waals surface area contributed by atoms with Crippen molar-refractivity contribution in [2.75, 3.05) is 24.5 Å². The first-order valence-electron chi connectivity index (χ1n) is 8.90. The van der Waals surface area contributed by atoms with Gasteiger partial charge in [-0.15, -0.1) is 0 Å². The molecule has 1 heterocycles. The summed E-state index contributed by atoms with van der Waals surface area (Å²) in [7, 11) is 0. The number of hydrogen-bond acceptors (Lipinski definition) is 2. The van der Waals surface area contributed by atoms with Gasteiger partial charge in [-0.2, -0.15) is 0 Å². The van der Waals surface area contributed by atoms with E-state index in [4.69, 9.17) is 0 Å². The van der Waals surface area contributed by atoms with Gasteiger partial charge in [0.2, 0.25) is 5.91 Å².